The Kier molecular flexibility index (Phi) is 4.52. The summed E-state index contributed by atoms with van der Waals surface area (Å²) in [6, 6.07) is 19.1. The highest BCUT2D eigenvalue weighted by molar-refractivity contribution is 5.94. The zero-order chi connectivity index (χ0) is 16.9. The number of rotatable bonds is 5. The molecule has 5 nitrogen and oxygen atoms in total. The second-order valence-electron chi connectivity index (χ2n) is 5.39. The Morgan fingerprint density at radius 2 is 1.71 bits per heavy atom. The van der Waals surface area contributed by atoms with Crippen molar-refractivity contribution in [1.82, 2.24) is 9.97 Å². The van der Waals surface area contributed by atoms with E-state index in [4.69, 9.17) is 0 Å². The molecule has 0 aliphatic heterocycles. The van der Waals surface area contributed by atoms with Crippen molar-refractivity contribution in [3.63, 3.8) is 0 Å². The fourth-order valence-corrected chi connectivity index (χ4v) is 2.30. The number of hydrogen-bond acceptors (Lipinski definition) is 5. The third-order valence-electron chi connectivity index (χ3n) is 3.68. The Bertz CT molecular complexity index is 832. The standard InChI is InChI=1S/C19H18N4O/c1-14(24)15-8-10-16(11-9-15)21-19-20-13-12-18(22-19)23(2)17-6-4-3-5-7-17/h3-13H,1-2H3,(H,20,21,22). The van der Waals surface area contributed by atoms with Gasteiger partial charge in [0.05, 0.1) is 0 Å². The summed E-state index contributed by atoms with van der Waals surface area (Å²) < 4.78 is 0. The minimum Gasteiger partial charge on any atom is -0.329 e. The molecule has 0 radical (unpaired) electrons. The van der Waals surface area contributed by atoms with E-state index >= 15 is 0 Å². The summed E-state index contributed by atoms with van der Waals surface area (Å²) in [6.07, 6.45) is 1.72. The maximum absolute atomic E-state index is 11.3. The molecule has 0 saturated heterocycles. The van der Waals surface area contributed by atoms with Crippen LogP contribution in [0.3, 0.4) is 0 Å². The summed E-state index contributed by atoms with van der Waals surface area (Å²) in [6.45, 7) is 1.55. The van der Waals surface area contributed by atoms with Crippen molar-refractivity contribution in [3.8, 4) is 0 Å². The number of carbonyl (C=O) groups excluding carboxylic acids is 1. The molecule has 1 N–H and O–H groups in total. The van der Waals surface area contributed by atoms with E-state index in [9.17, 15) is 4.79 Å². The van der Waals surface area contributed by atoms with Gasteiger partial charge in [-0.1, -0.05) is 18.2 Å². The molecule has 120 valence electrons. The summed E-state index contributed by atoms with van der Waals surface area (Å²) in [5.74, 6) is 1.34. The molecule has 1 heterocycles. The van der Waals surface area contributed by atoms with Gasteiger partial charge in [-0.25, -0.2) is 4.98 Å². The molecule has 0 aliphatic rings. The van der Waals surface area contributed by atoms with Crippen LogP contribution < -0.4 is 10.2 Å². The van der Waals surface area contributed by atoms with Crippen LogP contribution in [0.1, 0.15) is 17.3 Å². The first kappa shape index (κ1) is 15.7. The van der Waals surface area contributed by atoms with Crippen molar-refractivity contribution in [2.45, 2.75) is 6.92 Å². The number of carbonyl (C=O) groups is 1. The van der Waals surface area contributed by atoms with Crippen LogP contribution in [0.15, 0.2) is 66.9 Å². The van der Waals surface area contributed by atoms with Crippen molar-refractivity contribution in [2.24, 2.45) is 0 Å². The van der Waals surface area contributed by atoms with Crippen LogP contribution in [0.2, 0.25) is 0 Å². The smallest absolute Gasteiger partial charge is 0.229 e. The van der Waals surface area contributed by atoms with Gasteiger partial charge in [-0.2, -0.15) is 4.98 Å². The molecule has 2 aromatic carbocycles. The molecule has 0 fully saturated rings. The molecule has 3 aromatic rings. The Labute approximate surface area is 141 Å². The quantitative estimate of drug-likeness (QED) is 0.715. The van der Waals surface area contributed by atoms with E-state index in [2.05, 4.69) is 15.3 Å². The van der Waals surface area contributed by atoms with Crippen molar-refractivity contribution < 1.29 is 4.79 Å². The normalized spacial score (nSPS) is 10.2. The number of hydrogen-bond donors (Lipinski definition) is 1. The van der Waals surface area contributed by atoms with Crippen LogP contribution in [0.4, 0.5) is 23.1 Å². The van der Waals surface area contributed by atoms with E-state index in [-0.39, 0.29) is 5.78 Å². The van der Waals surface area contributed by atoms with Crippen LogP contribution in [0, 0.1) is 0 Å². The van der Waals surface area contributed by atoms with Crippen molar-refractivity contribution in [1.29, 1.82) is 0 Å². The van der Waals surface area contributed by atoms with Crippen LogP contribution in [-0.2, 0) is 0 Å². The van der Waals surface area contributed by atoms with Crippen molar-refractivity contribution in [2.75, 3.05) is 17.3 Å². The second-order valence-corrected chi connectivity index (χ2v) is 5.39. The molecule has 3 rings (SSSR count). The monoisotopic (exact) mass is 318 g/mol. The first-order valence-electron chi connectivity index (χ1n) is 7.63. The van der Waals surface area contributed by atoms with Crippen LogP contribution in [0.25, 0.3) is 0 Å². The summed E-state index contributed by atoms with van der Waals surface area (Å²) in [5.41, 5.74) is 2.56. The number of ketones is 1. The largest absolute Gasteiger partial charge is 0.329 e. The first-order chi connectivity index (χ1) is 11.6. The SMILES string of the molecule is CC(=O)c1ccc(Nc2nccc(N(C)c3ccccc3)n2)cc1. The highest BCUT2D eigenvalue weighted by atomic mass is 16.1. The molecule has 24 heavy (non-hydrogen) atoms. The molecule has 0 atom stereocenters. The van der Waals surface area contributed by atoms with Gasteiger partial charge < -0.3 is 10.2 Å². The van der Waals surface area contributed by atoms with E-state index in [1.54, 1.807) is 25.3 Å². The number of aromatic nitrogens is 2. The zero-order valence-electron chi connectivity index (χ0n) is 13.6. The lowest BCUT2D eigenvalue weighted by Gasteiger charge is -2.18. The van der Waals surface area contributed by atoms with Gasteiger partial charge in [0.2, 0.25) is 5.95 Å². The molecular formula is C19H18N4O. The average molecular weight is 318 g/mol. The minimum absolute atomic E-state index is 0.0456. The number of nitrogens with one attached hydrogen (secondary N) is 1. The molecule has 0 saturated carbocycles. The predicted molar refractivity (Wildman–Crippen MR) is 96.3 cm³/mol. The van der Waals surface area contributed by atoms with Gasteiger partial charge >= 0.3 is 0 Å². The van der Waals surface area contributed by atoms with Crippen LogP contribution in [0.5, 0.6) is 0 Å². The van der Waals surface area contributed by atoms with Gasteiger partial charge in [-0.3, -0.25) is 4.79 Å². The molecular weight excluding hydrogens is 300 g/mol. The van der Waals surface area contributed by atoms with Gasteiger partial charge in [0.1, 0.15) is 5.82 Å². The Morgan fingerprint density at radius 3 is 2.38 bits per heavy atom. The van der Waals surface area contributed by atoms with Gasteiger partial charge in [0, 0.05) is 30.2 Å². The van der Waals surface area contributed by atoms with E-state index < -0.39 is 0 Å². The number of para-hydroxylation sites is 1. The minimum atomic E-state index is 0.0456. The average Bonchev–Trinajstić information content (AvgIpc) is 2.62. The maximum Gasteiger partial charge on any atom is 0.229 e. The van der Waals surface area contributed by atoms with Gasteiger partial charge in [0.25, 0.3) is 0 Å². The number of anilines is 4. The summed E-state index contributed by atoms with van der Waals surface area (Å²) in [5, 5.41) is 3.16. The van der Waals surface area contributed by atoms with E-state index in [0.29, 0.717) is 11.5 Å². The van der Waals surface area contributed by atoms with Gasteiger partial charge in [-0.05, 0) is 49.4 Å². The zero-order valence-corrected chi connectivity index (χ0v) is 13.6. The first-order valence-corrected chi connectivity index (χ1v) is 7.63. The van der Waals surface area contributed by atoms with Crippen LogP contribution >= 0.6 is 0 Å². The molecule has 0 amide bonds. The topological polar surface area (TPSA) is 58.1 Å². The third-order valence-corrected chi connectivity index (χ3v) is 3.68. The maximum atomic E-state index is 11.3. The highest BCUT2D eigenvalue weighted by Gasteiger charge is 2.07. The highest BCUT2D eigenvalue weighted by Crippen LogP contribution is 2.22. The van der Waals surface area contributed by atoms with E-state index in [0.717, 1.165) is 17.2 Å². The lowest BCUT2D eigenvalue weighted by atomic mass is 10.1. The summed E-state index contributed by atoms with van der Waals surface area (Å²) in [7, 11) is 1.96. The molecule has 5 heteroatoms. The molecule has 0 unspecified atom stereocenters. The van der Waals surface area contributed by atoms with Gasteiger partial charge in [-0.15, -0.1) is 0 Å². The lowest BCUT2D eigenvalue weighted by Crippen LogP contribution is -2.12. The summed E-state index contributed by atoms with van der Waals surface area (Å²) >= 11 is 0. The molecule has 0 bridgehead atoms. The van der Waals surface area contributed by atoms with Gasteiger partial charge in [0.15, 0.2) is 5.78 Å². The van der Waals surface area contributed by atoms with E-state index in [1.807, 2.05) is 60.5 Å². The number of nitrogens with zero attached hydrogens (tertiary/aromatic N) is 3. The second kappa shape index (κ2) is 6.91. The van der Waals surface area contributed by atoms with E-state index in [1.165, 1.54) is 0 Å². The van der Waals surface area contributed by atoms with Crippen molar-refractivity contribution >= 4 is 28.9 Å². The molecule has 0 aliphatic carbocycles. The number of Topliss-reactive ketones (excluding diaryl/α,β-unsaturated/α-hetero) is 1. The van der Waals surface area contributed by atoms with Crippen molar-refractivity contribution in [3.05, 3.63) is 72.4 Å². The summed E-state index contributed by atoms with van der Waals surface area (Å²) in [4.78, 5) is 22.1. The third kappa shape index (κ3) is 3.57. The Hall–Kier alpha value is -3.21. The molecule has 1 aromatic heterocycles. The molecule has 0 spiro atoms. The fraction of sp³-hybridized carbons (Fsp3) is 0.105. The lowest BCUT2D eigenvalue weighted by molar-refractivity contribution is 0.101. The van der Waals surface area contributed by atoms with Crippen LogP contribution in [-0.4, -0.2) is 22.8 Å². The Balaban J connectivity index is 1.79. The number of benzene rings is 2. The fourth-order valence-electron chi connectivity index (χ4n) is 2.30. The predicted octanol–water partition coefficient (Wildman–Crippen LogP) is 4.19. The Morgan fingerprint density at radius 1 is 1.00 bits per heavy atom.